The van der Waals surface area contributed by atoms with Crippen molar-refractivity contribution in [3.05, 3.63) is 35.6 Å². The average Bonchev–Trinajstić information content (AvgIpc) is 3.40. The number of likely N-dealkylation sites (N-methyl/N-ethyl adjacent to an activating group) is 1. The van der Waals surface area contributed by atoms with Gasteiger partial charge in [0.05, 0.1) is 6.04 Å². The van der Waals surface area contributed by atoms with E-state index >= 15 is 0 Å². The summed E-state index contributed by atoms with van der Waals surface area (Å²) in [6.07, 6.45) is 5.40. The second kappa shape index (κ2) is 10.1. The Labute approximate surface area is 173 Å². The molecule has 1 aromatic rings. The number of nitrogens with zero attached hydrogens (tertiary/aromatic N) is 3. The van der Waals surface area contributed by atoms with Gasteiger partial charge in [-0.1, -0.05) is 25.0 Å². The molecule has 0 aromatic heterocycles. The van der Waals surface area contributed by atoms with Gasteiger partial charge in [0.1, 0.15) is 5.82 Å². The summed E-state index contributed by atoms with van der Waals surface area (Å²) in [5.41, 5.74) is 1.05. The molecule has 3 rings (SSSR count). The molecule has 1 amide bonds. The summed E-state index contributed by atoms with van der Waals surface area (Å²) >= 11 is 0. The van der Waals surface area contributed by atoms with Gasteiger partial charge in [-0.2, -0.15) is 0 Å². The Bertz CT molecular complexity index is 700. The summed E-state index contributed by atoms with van der Waals surface area (Å²) in [5.74, 6) is 1.08. The largest absolute Gasteiger partial charge is 0.354 e. The smallest absolute Gasteiger partial charge is 0.225 e. The minimum absolute atomic E-state index is 0.0955. The number of carbonyl (C=O) groups excluding carboxylic acids is 1. The van der Waals surface area contributed by atoms with Gasteiger partial charge in [-0.25, -0.2) is 4.39 Å². The van der Waals surface area contributed by atoms with E-state index in [1.165, 1.54) is 25.0 Å². The Balaban J connectivity index is 1.51. The van der Waals surface area contributed by atoms with Crippen molar-refractivity contribution in [2.45, 2.75) is 44.2 Å². The van der Waals surface area contributed by atoms with Crippen LogP contribution in [-0.2, 0) is 4.79 Å². The van der Waals surface area contributed by atoms with Gasteiger partial charge in [0.15, 0.2) is 5.96 Å². The molecule has 29 heavy (non-hydrogen) atoms. The Kier molecular flexibility index (Phi) is 7.47. The van der Waals surface area contributed by atoms with E-state index in [0.29, 0.717) is 12.5 Å². The van der Waals surface area contributed by atoms with Crippen molar-refractivity contribution in [3.63, 3.8) is 0 Å². The van der Waals surface area contributed by atoms with E-state index in [1.807, 2.05) is 31.1 Å². The number of nitrogens with one attached hydrogen (secondary N) is 2. The highest BCUT2D eigenvalue weighted by molar-refractivity contribution is 5.81. The number of hydrogen-bond acceptors (Lipinski definition) is 3. The summed E-state index contributed by atoms with van der Waals surface area (Å²) in [7, 11) is 5.78. The maximum Gasteiger partial charge on any atom is 0.225 e. The topological polar surface area (TPSA) is 60.0 Å². The number of rotatable bonds is 6. The van der Waals surface area contributed by atoms with E-state index in [4.69, 9.17) is 0 Å². The molecule has 7 heteroatoms. The van der Waals surface area contributed by atoms with Gasteiger partial charge >= 0.3 is 0 Å². The number of guanidine groups is 1. The number of hydrogen-bond donors (Lipinski definition) is 2. The van der Waals surface area contributed by atoms with Crippen LogP contribution in [0.25, 0.3) is 0 Å². The van der Waals surface area contributed by atoms with Gasteiger partial charge in [-0.3, -0.25) is 9.79 Å². The fourth-order valence-electron chi connectivity index (χ4n) is 4.37. The lowest BCUT2D eigenvalue weighted by Gasteiger charge is -2.27. The number of halogens is 1. The van der Waals surface area contributed by atoms with Crippen LogP contribution in [-0.4, -0.2) is 68.5 Å². The van der Waals surface area contributed by atoms with Crippen LogP contribution in [0.15, 0.2) is 29.3 Å². The first-order chi connectivity index (χ1) is 14.0. The first-order valence-electron chi connectivity index (χ1n) is 10.7. The third-order valence-corrected chi connectivity index (χ3v) is 6.11. The molecular formula is C22H34FN5O. The van der Waals surface area contributed by atoms with Crippen molar-refractivity contribution < 1.29 is 9.18 Å². The number of benzene rings is 1. The van der Waals surface area contributed by atoms with Gasteiger partial charge in [0.2, 0.25) is 5.91 Å². The second-order valence-corrected chi connectivity index (χ2v) is 8.38. The molecule has 2 fully saturated rings. The first-order valence-corrected chi connectivity index (χ1v) is 10.7. The van der Waals surface area contributed by atoms with Crippen LogP contribution < -0.4 is 10.6 Å². The highest BCUT2D eigenvalue weighted by Crippen LogP contribution is 2.27. The molecule has 2 aliphatic rings. The quantitative estimate of drug-likeness (QED) is 0.566. The highest BCUT2D eigenvalue weighted by Gasteiger charge is 2.32. The number of aliphatic imine (C=N–C) groups is 1. The Hall–Kier alpha value is -2.15. The third kappa shape index (κ3) is 5.69. The van der Waals surface area contributed by atoms with Crippen LogP contribution in [0.3, 0.4) is 0 Å². The number of amides is 1. The van der Waals surface area contributed by atoms with Crippen LogP contribution in [0, 0.1) is 11.7 Å². The van der Waals surface area contributed by atoms with Crippen molar-refractivity contribution >= 4 is 11.9 Å². The molecule has 1 aliphatic carbocycles. The lowest BCUT2D eigenvalue weighted by molar-refractivity contribution is -0.134. The van der Waals surface area contributed by atoms with E-state index in [1.54, 1.807) is 7.05 Å². The molecule has 2 atom stereocenters. The monoisotopic (exact) mass is 403 g/mol. The molecule has 1 aliphatic heterocycles. The zero-order valence-electron chi connectivity index (χ0n) is 17.8. The molecule has 0 bridgehead atoms. The van der Waals surface area contributed by atoms with E-state index in [9.17, 15) is 9.18 Å². The summed E-state index contributed by atoms with van der Waals surface area (Å²) < 4.78 is 13.2. The van der Waals surface area contributed by atoms with Gasteiger partial charge in [-0.05, 0) is 51.1 Å². The molecule has 160 valence electrons. The molecule has 2 unspecified atom stereocenters. The van der Waals surface area contributed by atoms with Crippen molar-refractivity contribution in [3.8, 4) is 0 Å². The zero-order valence-corrected chi connectivity index (χ0v) is 17.8. The SMILES string of the molecule is CN=C(NCC(c1ccc(F)cc1)N(C)C)NC1CCN(C(=O)C2CCCC2)C1. The fourth-order valence-corrected chi connectivity index (χ4v) is 4.37. The lowest BCUT2D eigenvalue weighted by atomic mass is 10.1. The predicted octanol–water partition coefficient (Wildman–Crippen LogP) is 2.38. The molecule has 0 radical (unpaired) electrons. The summed E-state index contributed by atoms with van der Waals surface area (Å²) in [6.45, 7) is 2.21. The van der Waals surface area contributed by atoms with E-state index in [0.717, 1.165) is 43.9 Å². The normalized spacial score (nSPS) is 21.6. The van der Waals surface area contributed by atoms with Crippen LogP contribution in [0.2, 0.25) is 0 Å². The van der Waals surface area contributed by atoms with Gasteiger partial charge in [-0.15, -0.1) is 0 Å². The maximum atomic E-state index is 13.2. The zero-order chi connectivity index (χ0) is 20.8. The summed E-state index contributed by atoms with van der Waals surface area (Å²) in [5, 5.41) is 6.85. The Morgan fingerprint density at radius 2 is 1.93 bits per heavy atom. The first kappa shape index (κ1) is 21.6. The summed E-state index contributed by atoms with van der Waals surface area (Å²) in [6, 6.07) is 6.94. The Morgan fingerprint density at radius 3 is 2.55 bits per heavy atom. The van der Waals surface area contributed by atoms with Gasteiger partial charge in [0.25, 0.3) is 0 Å². The van der Waals surface area contributed by atoms with Gasteiger partial charge < -0.3 is 20.4 Å². The van der Waals surface area contributed by atoms with Crippen LogP contribution in [0.5, 0.6) is 0 Å². The lowest BCUT2D eigenvalue weighted by Crippen LogP contribution is -2.47. The van der Waals surface area contributed by atoms with Crippen LogP contribution in [0.1, 0.15) is 43.7 Å². The van der Waals surface area contributed by atoms with Crippen LogP contribution >= 0.6 is 0 Å². The van der Waals surface area contributed by atoms with E-state index < -0.39 is 0 Å². The molecule has 1 heterocycles. The van der Waals surface area contributed by atoms with Crippen molar-refractivity contribution in [1.82, 2.24) is 20.4 Å². The average molecular weight is 404 g/mol. The molecule has 1 aromatic carbocycles. The van der Waals surface area contributed by atoms with Gasteiger partial charge in [0, 0.05) is 38.6 Å². The van der Waals surface area contributed by atoms with Crippen molar-refractivity contribution in [2.24, 2.45) is 10.9 Å². The van der Waals surface area contributed by atoms with Crippen molar-refractivity contribution in [2.75, 3.05) is 40.8 Å². The fraction of sp³-hybridized carbons (Fsp3) is 0.636. The molecule has 6 nitrogen and oxygen atoms in total. The minimum atomic E-state index is -0.227. The maximum absolute atomic E-state index is 13.2. The molecule has 1 saturated heterocycles. The molecule has 1 saturated carbocycles. The highest BCUT2D eigenvalue weighted by atomic mass is 19.1. The van der Waals surface area contributed by atoms with Crippen LogP contribution in [0.4, 0.5) is 4.39 Å². The standard InChI is InChI=1S/C22H34FN5O/c1-24-22(25-14-20(27(2)3)16-8-10-18(23)11-9-16)26-19-12-13-28(15-19)21(29)17-6-4-5-7-17/h8-11,17,19-20H,4-7,12-15H2,1-3H3,(H2,24,25,26). The second-order valence-electron chi connectivity index (χ2n) is 8.38. The molecule has 0 spiro atoms. The Morgan fingerprint density at radius 1 is 1.24 bits per heavy atom. The van der Waals surface area contributed by atoms with Crippen molar-refractivity contribution in [1.29, 1.82) is 0 Å². The molecule has 2 N–H and O–H groups in total. The minimum Gasteiger partial charge on any atom is -0.354 e. The molecular weight excluding hydrogens is 369 g/mol. The van der Waals surface area contributed by atoms with E-state index in [-0.39, 0.29) is 23.8 Å². The number of carbonyl (C=O) groups is 1. The third-order valence-electron chi connectivity index (χ3n) is 6.11. The number of likely N-dealkylation sites (tertiary alicyclic amines) is 1. The predicted molar refractivity (Wildman–Crippen MR) is 114 cm³/mol. The summed E-state index contributed by atoms with van der Waals surface area (Å²) in [4.78, 5) is 21.1. The van der Waals surface area contributed by atoms with E-state index in [2.05, 4.69) is 20.5 Å².